The van der Waals surface area contributed by atoms with Gasteiger partial charge >= 0.3 is 0 Å². The molecule has 0 saturated heterocycles. The van der Waals surface area contributed by atoms with Crippen molar-refractivity contribution in [2.24, 2.45) is 0 Å². The second-order valence-electron chi connectivity index (χ2n) is 4.53. The Kier molecular flexibility index (Phi) is 2.31. The molecular formula is C12H15N5. The standard InChI is InChI=1S/C12H15N5/c1-8-7-9(2)17(16-8)12-6-5-11(14-15-12)13-10-3-4-10/h5-7,10H,3-4H2,1-2H3,(H,13,14). The van der Waals surface area contributed by atoms with Gasteiger partial charge in [-0.2, -0.15) is 5.10 Å². The fourth-order valence-electron chi connectivity index (χ4n) is 1.81. The Morgan fingerprint density at radius 2 is 2.06 bits per heavy atom. The van der Waals surface area contributed by atoms with E-state index in [-0.39, 0.29) is 0 Å². The number of hydrogen-bond acceptors (Lipinski definition) is 4. The third-order valence-electron chi connectivity index (χ3n) is 2.81. The molecule has 0 aliphatic heterocycles. The van der Waals surface area contributed by atoms with Crippen LogP contribution < -0.4 is 5.32 Å². The number of rotatable bonds is 3. The van der Waals surface area contributed by atoms with Gasteiger partial charge in [-0.15, -0.1) is 10.2 Å². The zero-order valence-corrected chi connectivity index (χ0v) is 10.0. The Morgan fingerprint density at radius 3 is 2.59 bits per heavy atom. The zero-order valence-electron chi connectivity index (χ0n) is 10.0. The van der Waals surface area contributed by atoms with Crippen molar-refractivity contribution >= 4 is 5.82 Å². The third-order valence-corrected chi connectivity index (χ3v) is 2.81. The summed E-state index contributed by atoms with van der Waals surface area (Å²) in [6.07, 6.45) is 2.47. The molecule has 5 nitrogen and oxygen atoms in total. The Bertz CT molecular complexity index is 524. The number of hydrogen-bond donors (Lipinski definition) is 1. The summed E-state index contributed by atoms with van der Waals surface area (Å²) in [5.41, 5.74) is 2.06. The minimum absolute atomic E-state index is 0.601. The van der Waals surface area contributed by atoms with Crippen molar-refractivity contribution < 1.29 is 0 Å². The Hall–Kier alpha value is -1.91. The zero-order chi connectivity index (χ0) is 11.8. The van der Waals surface area contributed by atoms with Crippen LogP contribution in [0.5, 0.6) is 0 Å². The van der Waals surface area contributed by atoms with Gasteiger partial charge in [0, 0.05) is 11.7 Å². The van der Waals surface area contributed by atoms with E-state index in [0.29, 0.717) is 6.04 Å². The van der Waals surface area contributed by atoms with Crippen LogP contribution in [0, 0.1) is 13.8 Å². The molecule has 1 aliphatic carbocycles. The number of nitrogens with zero attached hydrogens (tertiary/aromatic N) is 4. The molecule has 3 rings (SSSR count). The van der Waals surface area contributed by atoms with Gasteiger partial charge in [0.15, 0.2) is 5.82 Å². The first-order valence-electron chi connectivity index (χ1n) is 5.86. The van der Waals surface area contributed by atoms with Crippen LogP contribution >= 0.6 is 0 Å². The molecule has 2 aromatic heterocycles. The van der Waals surface area contributed by atoms with E-state index >= 15 is 0 Å². The molecule has 17 heavy (non-hydrogen) atoms. The maximum absolute atomic E-state index is 4.38. The highest BCUT2D eigenvalue weighted by Crippen LogP contribution is 2.23. The minimum Gasteiger partial charge on any atom is -0.366 e. The molecule has 0 amide bonds. The van der Waals surface area contributed by atoms with Gasteiger partial charge in [0.2, 0.25) is 0 Å². The maximum Gasteiger partial charge on any atom is 0.176 e. The van der Waals surface area contributed by atoms with E-state index in [1.54, 1.807) is 0 Å². The highest BCUT2D eigenvalue weighted by Gasteiger charge is 2.21. The van der Waals surface area contributed by atoms with E-state index in [9.17, 15) is 0 Å². The van der Waals surface area contributed by atoms with E-state index in [0.717, 1.165) is 23.0 Å². The monoisotopic (exact) mass is 229 g/mol. The van der Waals surface area contributed by atoms with Gasteiger partial charge in [-0.1, -0.05) is 0 Å². The van der Waals surface area contributed by atoms with E-state index in [4.69, 9.17) is 0 Å². The molecule has 0 unspecified atom stereocenters. The third kappa shape index (κ3) is 2.13. The molecule has 2 heterocycles. The first-order valence-corrected chi connectivity index (χ1v) is 5.86. The van der Waals surface area contributed by atoms with Crippen LogP contribution in [0.2, 0.25) is 0 Å². The second-order valence-corrected chi connectivity index (χ2v) is 4.53. The van der Waals surface area contributed by atoms with Crippen molar-refractivity contribution in [2.45, 2.75) is 32.7 Å². The lowest BCUT2D eigenvalue weighted by molar-refractivity contribution is 0.781. The number of anilines is 1. The second kappa shape index (κ2) is 3.84. The lowest BCUT2D eigenvalue weighted by Gasteiger charge is -2.05. The molecule has 1 fully saturated rings. The lowest BCUT2D eigenvalue weighted by atomic mass is 10.4. The molecular weight excluding hydrogens is 214 g/mol. The van der Waals surface area contributed by atoms with Crippen molar-refractivity contribution in [2.75, 3.05) is 5.32 Å². The fraction of sp³-hybridized carbons (Fsp3) is 0.417. The van der Waals surface area contributed by atoms with Crippen LogP contribution in [0.3, 0.4) is 0 Å². The quantitative estimate of drug-likeness (QED) is 0.872. The summed E-state index contributed by atoms with van der Waals surface area (Å²) in [7, 11) is 0. The molecule has 0 atom stereocenters. The van der Waals surface area contributed by atoms with Crippen LogP contribution in [0.1, 0.15) is 24.2 Å². The summed E-state index contributed by atoms with van der Waals surface area (Å²) in [6.45, 7) is 3.98. The van der Waals surface area contributed by atoms with Crippen LogP contribution in [-0.2, 0) is 0 Å². The van der Waals surface area contributed by atoms with Gasteiger partial charge in [0.1, 0.15) is 5.82 Å². The van der Waals surface area contributed by atoms with E-state index < -0.39 is 0 Å². The summed E-state index contributed by atoms with van der Waals surface area (Å²) >= 11 is 0. The highest BCUT2D eigenvalue weighted by molar-refractivity contribution is 5.38. The van der Waals surface area contributed by atoms with Gasteiger partial charge in [-0.25, -0.2) is 4.68 Å². The average molecular weight is 229 g/mol. The number of nitrogens with one attached hydrogen (secondary N) is 1. The van der Waals surface area contributed by atoms with Gasteiger partial charge < -0.3 is 5.32 Å². The minimum atomic E-state index is 0.601. The summed E-state index contributed by atoms with van der Waals surface area (Å²) in [6, 6.07) is 6.52. The predicted molar refractivity (Wildman–Crippen MR) is 65.3 cm³/mol. The van der Waals surface area contributed by atoms with E-state index in [2.05, 4.69) is 20.6 Å². The van der Waals surface area contributed by atoms with E-state index in [1.165, 1.54) is 12.8 Å². The Balaban J connectivity index is 1.85. The Labute approximate surface area is 99.9 Å². The average Bonchev–Trinajstić information content (AvgIpc) is 3.05. The largest absolute Gasteiger partial charge is 0.366 e. The van der Waals surface area contributed by atoms with Crippen LogP contribution in [0.15, 0.2) is 18.2 Å². The molecule has 0 aromatic carbocycles. The SMILES string of the molecule is Cc1cc(C)n(-c2ccc(NC3CC3)nn2)n1. The van der Waals surface area contributed by atoms with Gasteiger partial charge in [0.25, 0.3) is 0 Å². The molecule has 2 aromatic rings. The predicted octanol–water partition coefficient (Wildman–Crippen LogP) is 1.85. The van der Waals surface area contributed by atoms with Crippen LogP contribution in [0.4, 0.5) is 5.82 Å². The molecule has 0 bridgehead atoms. The summed E-state index contributed by atoms with van der Waals surface area (Å²) in [5, 5.41) is 16.0. The summed E-state index contributed by atoms with van der Waals surface area (Å²) in [5.74, 6) is 1.61. The van der Waals surface area contributed by atoms with Crippen LogP contribution in [0.25, 0.3) is 5.82 Å². The first-order chi connectivity index (χ1) is 8.22. The number of aromatic nitrogens is 4. The summed E-state index contributed by atoms with van der Waals surface area (Å²) in [4.78, 5) is 0. The van der Waals surface area contributed by atoms with E-state index in [1.807, 2.05) is 36.7 Å². The lowest BCUT2D eigenvalue weighted by Crippen LogP contribution is -2.07. The van der Waals surface area contributed by atoms with Crippen molar-refractivity contribution in [1.82, 2.24) is 20.0 Å². The molecule has 1 N–H and O–H groups in total. The molecule has 1 saturated carbocycles. The first kappa shape index (κ1) is 10.3. The van der Waals surface area contributed by atoms with Crippen molar-refractivity contribution in [3.05, 3.63) is 29.6 Å². The smallest absolute Gasteiger partial charge is 0.176 e. The molecule has 88 valence electrons. The summed E-state index contributed by atoms with van der Waals surface area (Å²) < 4.78 is 1.81. The van der Waals surface area contributed by atoms with Crippen molar-refractivity contribution in [3.8, 4) is 5.82 Å². The molecule has 0 spiro atoms. The molecule has 1 aliphatic rings. The van der Waals surface area contributed by atoms with Crippen LogP contribution in [-0.4, -0.2) is 26.0 Å². The highest BCUT2D eigenvalue weighted by atomic mass is 15.4. The van der Waals surface area contributed by atoms with Gasteiger partial charge in [-0.3, -0.25) is 0 Å². The van der Waals surface area contributed by atoms with Crippen molar-refractivity contribution in [3.63, 3.8) is 0 Å². The normalized spacial score (nSPS) is 14.9. The maximum atomic E-state index is 4.38. The van der Waals surface area contributed by atoms with Gasteiger partial charge in [0.05, 0.1) is 5.69 Å². The van der Waals surface area contributed by atoms with Crippen molar-refractivity contribution in [1.29, 1.82) is 0 Å². The Morgan fingerprint density at radius 1 is 1.24 bits per heavy atom. The topological polar surface area (TPSA) is 55.6 Å². The fourth-order valence-corrected chi connectivity index (χ4v) is 1.81. The van der Waals surface area contributed by atoms with Gasteiger partial charge in [-0.05, 0) is 44.9 Å². The molecule has 0 radical (unpaired) electrons. The molecule has 5 heteroatoms. The number of aryl methyl sites for hydroxylation is 2.